The van der Waals surface area contributed by atoms with Gasteiger partial charge < -0.3 is 9.97 Å². The molecule has 274 valence electrons. The summed E-state index contributed by atoms with van der Waals surface area (Å²) in [7, 11) is -8.83. The average Bonchev–Trinajstić information content (AvgIpc) is 4.03. The Hall–Kier alpha value is -6.70. The highest BCUT2D eigenvalue weighted by Crippen LogP contribution is 2.38. The van der Waals surface area contributed by atoms with Gasteiger partial charge in [0.15, 0.2) is 0 Å². The number of hydrogen-bond donors (Lipinski definition) is 4. The Balaban J connectivity index is 1.44. The number of aromatic amines is 2. The van der Waals surface area contributed by atoms with E-state index in [4.69, 9.17) is 9.97 Å². The first-order valence-electron chi connectivity index (χ1n) is 17.4. The molecule has 0 amide bonds. The lowest BCUT2D eigenvalue weighted by atomic mass is 10.0. The van der Waals surface area contributed by atoms with Crippen molar-refractivity contribution in [2.75, 3.05) is 0 Å². The van der Waals surface area contributed by atoms with Gasteiger partial charge in [-0.1, -0.05) is 84.9 Å². The van der Waals surface area contributed by atoms with Gasteiger partial charge in [-0.05, 0) is 95.1 Å². The van der Waals surface area contributed by atoms with Crippen molar-refractivity contribution in [3.8, 4) is 44.5 Å². The number of benzene rings is 4. The molecule has 4 aromatic carbocycles. The van der Waals surface area contributed by atoms with Gasteiger partial charge >= 0.3 is 0 Å². The summed E-state index contributed by atoms with van der Waals surface area (Å²) in [6, 6.07) is 39.6. The number of hydrogen-bond acceptors (Lipinski definition) is 6. The van der Waals surface area contributed by atoms with Gasteiger partial charge in [-0.15, -0.1) is 0 Å². The molecule has 2 aliphatic heterocycles. The fraction of sp³-hybridized carbons (Fsp3) is 0. The predicted octanol–water partition coefficient (Wildman–Crippen LogP) is 9.82. The molecule has 4 N–H and O–H groups in total. The average molecular weight is 775 g/mol. The molecule has 3 aromatic heterocycles. The maximum atomic E-state index is 12.0. The van der Waals surface area contributed by atoms with E-state index in [1.165, 1.54) is 24.3 Å². The van der Waals surface area contributed by atoms with Crippen LogP contribution in [0.4, 0.5) is 0 Å². The highest BCUT2D eigenvalue weighted by molar-refractivity contribution is 7.86. The second-order valence-electron chi connectivity index (χ2n) is 13.2. The number of nitrogens with one attached hydrogen (secondary N) is 2. The Bertz CT molecular complexity index is 2940. The minimum atomic E-state index is -4.41. The second kappa shape index (κ2) is 13.6. The minimum Gasteiger partial charge on any atom is -0.354 e. The molecule has 0 saturated carbocycles. The van der Waals surface area contributed by atoms with Crippen LogP contribution in [0.25, 0.3) is 90.9 Å². The van der Waals surface area contributed by atoms with Gasteiger partial charge in [-0.2, -0.15) is 16.8 Å². The number of H-pyrrole nitrogens is 2. The molecule has 12 heteroatoms. The smallest absolute Gasteiger partial charge is 0.294 e. The molecule has 0 saturated heterocycles. The number of fused-ring (bicyclic) bond motifs is 8. The quantitative estimate of drug-likeness (QED) is 0.121. The first kappa shape index (κ1) is 35.0. The Morgan fingerprint density at radius 1 is 0.357 bits per heavy atom. The molecule has 7 aromatic rings. The Labute approximate surface area is 321 Å². The highest BCUT2D eigenvalue weighted by Gasteiger charge is 2.20. The van der Waals surface area contributed by atoms with Crippen LogP contribution in [0.2, 0.25) is 0 Å². The largest absolute Gasteiger partial charge is 0.354 e. The lowest BCUT2D eigenvalue weighted by molar-refractivity contribution is 0.481. The molecule has 8 bridgehead atoms. The van der Waals surface area contributed by atoms with Crippen molar-refractivity contribution < 1.29 is 25.9 Å². The SMILES string of the molecule is O=S(=O)(O)c1ccc(-c2c3nc(c(-c4ccccc4)c4ccc([nH]4)c(-c4ccc(S(=O)(=O)O)cc4)c4nc(c(-c5ccccc5)c5ccc2[nH]5)C=C4)C=C3)cc1. The summed E-state index contributed by atoms with van der Waals surface area (Å²) in [6.45, 7) is 0. The van der Waals surface area contributed by atoms with Crippen molar-refractivity contribution in [3.05, 3.63) is 156 Å². The second-order valence-corrected chi connectivity index (χ2v) is 16.1. The molecule has 0 aliphatic carbocycles. The molecule has 0 spiro atoms. The van der Waals surface area contributed by atoms with Crippen molar-refractivity contribution in [2.24, 2.45) is 0 Å². The van der Waals surface area contributed by atoms with E-state index in [1.54, 1.807) is 24.3 Å². The van der Waals surface area contributed by atoms with E-state index in [1.807, 2.05) is 109 Å². The van der Waals surface area contributed by atoms with Gasteiger partial charge in [-0.25, -0.2) is 9.97 Å². The molecule has 0 fully saturated rings. The summed E-state index contributed by atoms with van der Waals surface area (Å²) < 4.78 is 67.3. The van der Waals surface area contributed by atoms with E-state index in [-0.39, 0.29) is 9.79 Å². The minimum absolute atomic E-state index is 0.219. The topological polar surface area (TPSA) is 166 Å². The van der Waals surface area contributed by atoms with E-state index in [0.29, 0.717) is 56.1 Å². The lowest BCUT2D eigenvalue weighted by Gasteiger charge is -2.07. The molecular formula is C44H30N4O6S2. The van der Waals surface area contributed by atoms with Gasteiger partial charge in [0.25, 0.3) is 20.2 Å². The lowest BCUT2D eigenvalue weighted by Crippen LogP contribution is -1.97. The Morgan fingerprint density at radius 3 is 0.893 bits per heavy atom. The Morgan fingerprint density at radius 2 is 0.625 bits per heavy atom. The van der Waals surface area contributed by atoms with Crippen LogP contribution < -0.4 is 0 Å². The summed E-state index contributed by atoms with van der Waals surface area (Å²) in [4.78, 5) is 17.2. The zero-order chi connectivity index (χ0) is 38.6. The maximum Gasteiger partial charge on any atom is 0.294 e. The molecule has 2 aliphatic rings. The summed E-state index contributed by atoms with van der Waals surface area (Å²) in [6.07, 6.45) is 7.73. The monoisotopic (exact) mass is 774 g/mol. The van der Waals surface area contributed by atoms with Crippen molar-refractivity contribution in [3.63, 3.8) is 0 Å². The van der Waals surface area contributed by atoms with E-state index >= 15 is 0 Å². The summed E-state index contributed by atoms with van der Waals surface area (Å²) >= 11 is 0. The number of nitrogens with zero attached hydrogens (tertiary/aromatic N) is 2. The van der Waals surface area contributed by atoms with Crippen LogP contribution in [0.3, 0.4) is 0 Å². The van der Waals surface area contributed by atoms with Crippen molar-refractivity contribution >= 4 is 66.6 Å². The third kappa shape index (κ3) is 6.46. The third-order valence-corrected chi connectivity index (χ3v) is 11.5. The van der Waals surface area contributed by atoms with Crippen LogP contribution >= 0.6 is 0 Å². The van der Waals surface area contributed by atoms with E-state index in [9.17, 15) is 25.9 Å². The first-order valence-corrected chi connectivity index (χ1v) is 20.3. The van der Waals surface area contributed by atoms with E-state index in [0.717, 1.165) is 33.3 Å². The maximum absolute atomic E-state index is 12.0. The van der Waals surface area contributed by atoms with Gasteiger partial charge in [0.05, 0.1) is 32.6 Å². The summed E-state index contributed by atoms with van der Waals surface area (Å²) in [5, 5.41) is 0. The molecule has 0 radical (unpaired) electrons. The van der Waals surface area contributed by atoms with Gasteiger partial charge in [0.1, 0.15) is 0 Å². The molecule has 10 nitrogen and oxygen atoms in total. The summed E-state index contributed by atoms with van der Waals surface area (Å²) in [5.74, 6) is 0. The van der Waals surface area contributed by atoms with Crippen molar-refractivity contribution in [1.82, 2.24) is 19.9 Å². The molecular weight excluding hydrogens is 745 g/mol. The normalized spacial score (nSPS) is 12.6. The molecule has 5 heterocycles. The van der Waals surface area contributed by atoms with Crippen molar-refractivity contribution in [1.29, 1.82) is 0 Å². The Kier molecular flexibility index (Phi) is 8.48. The molecule has 0 atom stereocenters. The predicted molar refractivity (Wildman–Crippen MR) is 220 cm³/mol. The first-order chi connectivity index (χ1) is 27.0. The van der Waals surface area contributed by atoms with Crippen molar-refractivity contribution in [2.45, 2.75) is 9.79 Å². The molecule has 9 rings (SSSR count). The number of aromatic nitrogens is 4. The zero-order valence-corrected chi connectivity index (χ0v) is 30.9. The molecule has 56 heavy (non-hydrogen) atoms. The third-order valence-electron chi connectivity index (χ3n) is 9.76. The number of rotatable bonds is 6. The van der Waals surface area contributed by atoms with Crippen LogP contribution in [0, 0.1) is 0 Å². The standard InChI is InChI=1S/C44H30N4O6S2/c49-55(50,51)31-15-11-29(12-16-31)43-37-23-19-33(45-37)41(27-7-3-1-4-8-27)34-20-24-38(46-34)44(30-13-17-32(18-14-30)56(52,53)54)40-26-22-36(48-40)42(28-9-5-2-6-10-28)35-21-25-39(43)47-35/h1-26,45,48H,(H,49,50,51)(H,52,53,54). The van der Waals surface area contributed by atoms with E-state index in [2.05, 4.69) is 9.97 Å². The van der Waals surface area contributed by atoms with Gasteiger partial charge in [0, 0.05) is 44.3 Å². The molecule has 0 unspecified atom stereocenters. The van der Waals surface area contributed by atoms with Gasteiger partial charge in [-0.3, -0.25) is 9.11 Å². The highest BCUT2D eigenvalue weighted by atomic mass is 32.2. The van der Waals surface area contributed by atoms with Crippen LogP contribution in [0.1, 0.15) is 22.8 Å². The fourth-order valence-electron chi connectivity index (χ4n) is 7.22. The zero-order valence-electron chi connectivity index (χ0n) is 29.2. The van der Waals surface area contributed by atoms with Crippen LogP contribution in [-0.4, -0.2) is 45.9 Å². The van der Waals surface area contributed by atoms with Crippen LogP contribution in [0.15, 0.2) is 143 Å². The van der Waals surface area contributed by atoms with E-state index < -0.39 is 20.2 Å². The fourth-order valence-corrected chi connectivity index (χ4v) is 8.18. The van der Waals surface area contributed by atoms with Crippen LogP contribution in [0.5, 0.6) is 0 Å². The van der Waals surface area contributed by atoms with Gasteiger partial charge in [0.2, 0.25) is 0 Å². The summed E-state index contributed by atoms with van der Waals surface area (Å²) in [5.41, 5.74) is 11.8. The van der Waals surface area contributed by atoms with Crippen LogP contribution in [-0.2, 0) is 20.2 Å².